The molecule has 0 spiro atoms. The molecule has 3 aromatic carbocycles. The highest BCUT2D eigenvalue weighted by molar-refractivity contribution is 7.88. The lowest BCUT2D eigenvalue weighted by Gasteiger charge is -2.17. The molecule has 1 aliphatic carbocycles. The Bertz CT molecular complexity index is 2260. The van der Waals surface area contributed by atoms with Gasteiger partial charge in [-0.1, -0.05) is 125 Å². The Hall–Kier alpha value is -2.26. The molecule has 0 atom stereocenters. The second-order valence-electron chi connectivity index (χ2n) is 11.8. The zero-order valence-electron chi connectivity index (χ0n) is 27.7. The Morgan fingerprint density at radius 3 is 1.62 bits per heavy atom. The molecule has 2 amide bonds. The van der Waals surface area contributed by atoms with Crippen LogP contribution in [-0.2, 0) is 10.0 Å². The highest BCUT2D eigenvalue weighted by Crippen LogP contribution is 2.49. The van der Waals surface area contributed by atoms with E-state index in [-0.39, 0.29) is 79.3 Å². The minimum Gasteiger partial charge on any atom is -0.304 e. The van der Waals surface area contributed by atoms with Crippen molar-refractivity contribution in [2.75, 3.05) is 37.3 Å². The maximum Gasteiger partial charge on any atom is 0.267 e. The largest absolute Gasteiger partial charge is 0.304 e. The molecule has 10 nitrogen and oxygen atoms in total. The van der Waals surface area contributed by atoms with Crippen molar-refractivity contribution in [3.05, 3.63) is 98.5 Å². The van der Waals surface area contributed by atoms with Crippen molar-refractivity contribution in [1.82, 2.24) is 14.6 Å². The zero-order valence-corrected chi connectivity index (χ0v) is 34.6. The van der Waals surface area contributed by atoms with Crippen LogP contribution < -0.4 is 9.62 Å². The molecule has 280 valence electrons. The van der Waals surface area contributed by atoms with Gasteiger partial charge >= 0.3 is 0 Å². The average Bonchev–Trinajstić information content (AvgIpc) is 3.54. The van der Waals surface area contributed by atoms with E-state index < -0.39 is 39.3 Å². The van der Waals surface area contributed by atoms with E-state index in [1.54, 1.807) is 18.2 Å². The van der Waals surface area contributed by atoms with Crippen molar-refractivity contribution in [3.63, 3.8) is 0 Å². The maximum atomic E-state index is 13.5. The van der Waals surface area contributed by atoms with Crippen LogP contribution in [0.4, 0.5) is 5.69 Å². The third-order valence-corrected chi connectivity index (χ3v) is 12.9. The molecule has 6 rings (SSSR count). The number of halogens is 8. The summed E-state index contributed by atoms with van der Waals surface area (Å²) < 4.78 is 23.9. The molecule has 0 fully saturated rings. The van der Waals surface area contributed by atoms with Crippen LogP contribution in [0.1, 0.15) is 73.3 Å². The number of hydrogen-bond acceptors (Lipinski definition) is 8. The lowest BCUT2D eigenvalue weighted by atomic mass is 9.98. The van der Waals surface area contributed by atoms with Gasteiger partial charge in [0.05, 0.1) is 85.6 Å². The zero-order chi connectivity index (χ0) is 39.3. The topological polar surface area (TPSA) is 134 Å². The molecular formula is C34H26Cl8N4O6S. The van der Waals surface area contributed by atoms with Crippen molar-refractivity contribution in [3.8, 4) is 0 Å². The van der Waals surface area contributed by atoms with Gasteiger partial charge in [0.2, 0.25) is 10.0 Å². The Labute approximate surface area is 344 Å². The standard InChI is InChI=1S/C26H6Cl8N2O4.C8H20N2O2S/c27-14-10-11(15(28)19(32)18(14)31)24(38)9(23(10)37)7-5-4-6-2-1-3-8(22(6)35-7)36-25(39)12-13(26(36)40)17(30)21(34)20(33)16(12)29;1-4-10(5-2)8-6-7-9-13(3,11)12/h1-5,9H;9H,4-8H2,1-3H3. The van der Waals surface area contributed by atoms with E-state index in [1.807, 2.05) is 0 Å². The van der Waals surface area contributed by atoms with E-state index in [4.69, 9.17) is 92.8 Å². The highest BCUT2D eigenvalue weighted by Gasteiger charge is 2.46. The average molecular weight is 902 g/mol. The summed E-state index contributed by atoms with van der Waals surface area (Å²) in [7, 11) is -3.00. The Balaban J connectivity index is 0.000000357. The van der Waals surface area contributed by atoms with Gasteiger partial charge in [-0.3, -0.25) is 19.2 Å². The molecule has 0 saturated carbocycles. The summed E-state index contributed by atoms with van der Waals surface area (Å²) in [4.78, 5) is 61.5. The van der Waals surface area contributed by atoms with Crippen LogP contribution in [0.3, 0.4) is 0 Å². The van der Waals surface area contributed by atoms with Crippen molar-refractivity contribution in [2.45, 2.75) is 26.2 Å². The van der Waals surface area contributed by atoms with Crippen LogP contribution in [0, 0.1) is 0 Å². The van der Waals surface area contributed by atoms with Gasteiger partial charge < -0.3 is 4.90 Å². The van der Waals surface area contributed by atoms with Crippen LogP contribution in [0.5, 0.6) is 0 Å². The smallest absolute Gasteiger partial charge is 0.267 e. The minimum atomic E-state index is -3.00. The molecule has 0 radical (unpaired) electrons. The second kappa shape index (κ2) is 16.5. The summed E-state index contributed by atoms with van der Waals surface area (Å²) in [5, 5.41) is -1.05. The van der Waals surface area contributed by atoms with Crippen molar-refractivity contribution in [2.24, 2.45) is 0 Å². The van der Waals surface area contributed by atoms with Gasteiger partial charge in [-0.2, -0.15) is 0 Å². The third-order valence-electron chi connectivity index (χ3n) is 8.55. The van der Waals surface area contributed by atoms with Crippen molar-refractivity contribution < 1.29 is 27.6 Å². The summed E-state index contributed by atoms with van der Waals surface area (Å²) in [6, 6.07) is 7.78. The van der Waals surface area contributed by atoms with Crippen LogP contribution in [0.25, 0.3) is 10.9 Å². The molecule has 2 heterocycles. The SMILES string of the molecule is CCN(CC)CCCNS(C)(=O)=O.O=C1c2c(Cl)c(Cl)c(Cl)c(Cl)c2C(=O)C1c1ccc2cccc(N3C(=O)c4c(Cl)c(Cl)c(Cl)c(Cl)c4C3=O)c2n1. The number of ketones is 2. The van der Waals surface area contributed by atoms with Gasteiger partial charge in [0.25, 0.3) is 11.8 Å². The quantitative estimate of drug-likeness (QED) is 0.0578. The Kier molecular flexibility index (Phi) is 13.0. The number of nitrogens with one attached hydrogen (secondary N) is 1. The minimum absolute atomic E-state index is 0.0179. The van der Waals surface area contributed by atoms with Gasteiger partial charge in [-0.15, -0.1) is 0 Å². The maximum absolute atomic E-state index is 13.5. The van der Waals surface area contributed by atoms with Gasteiger partial charge in [-0.05, 0) is 38.2 Å². The van der Waals surface area contributed by atoms with Gasteiger partial charge in [0.15, 0.2) is 11.6 Å². The summed E-state index contributed by atoms with van der Waals surface area (Å²) >= 11 is 49.6. The number of rotatable bonds is 9. The molecule has 19 heteroatoms. The number of carbonyl (C=O) groups is 4. The fraction of sp³-hybridized carbons (Fsp3) is 0.265. The first-order chi connectivity index (χ1) is 24.9. The first-order valence-corrected chi connectivity index (χ1v) is 20.5. The van der Waals surface area contributed by atoms with Crippen molar-refractivity contribution >= 4 is 143 Å². The molecule has 53 heavy (non-hydrogen) atoms. The number of benzene rings is 3. The first-order valence-electron chi connectivity index (χ1n) is 15.6. The molecule has 0 saturated heterocycles. The number of anilines is 1. The predicted molar refractivity (Wildman–Crippen MR) is 213 cm³/mol. The van der Waals surface area contributed by atoms with Gasteiger partial charge in [0, 0.05) is 11.9 Å². The molecule has 1 aliphatic heterocycles. The number of Topliss-reactive ketones (excluding diaryl/α,β-unsaturated/α-hetero) is 2. The van der Waals surface area contributed by atoms with E-state index >= 15 is 0 Å². The van der Waals surface area contributed by atoms with Crippen LogP contribution in [0.2, 0.25) is 40.2 Å². The number of hydrogen-bond donors (Lipinski definition) is 1. The van der Waals surface area contributed by atoms with E-state index in [0.717, 1.165) is 31.0 Å². The van der Waals surface area contributed by atoms with Crippen LogP contribution in [-0.4, -0.2) is 74.1 Å². The predicted octanol–water partition coefficient (Wildman–Crippen LogP) is 9.69. The summed E-state index contributed by atoms with van der Waals surface area (Å²) in [5.41, 5.74) is -0.562. The molecule has 1 N–H and O–H groups in total. The molecule has 0 unspecified atom stereocenters. The second-order valence-corrected chi connectivity index (χ2v) is 16.6. The number of sulfonamides is 1. The van der Waals surface area contributed by atoms with Crippen LogP contribution >= 0.6 is 92.8 Å². The highest BCUT2D eigenvalue weighted by atomic mass is 35.5. The molecule has 0 bridgehead atoms. The number of fused-ring (bicyclic) bond motifs is 3. The van der Waals surface area contributed by atoms with E-state index in [2.05, 4.69) is 28.5 Å². The summed E-state index contributed by atoms with van der Waals surface area (Å²) in [6.45, 7) is 7.75. The molecule has 4 aromatic rings. The van der Waals surface area contributed by atoms with E-state index in [1.165, 1.54) is 18.4 Å². The lowest BCUT2D eigenvalue weighted by Crippen LogP contribution is -2.30. The fourth-order valence-corrected chi connectivity index (χ4v) is 8.49. The number of nitrogens with zero attached hydrogens (tertiary/aromatic N) is 3. The number of amides is 2. The molecular weight excluding hydrogens is 876 g/mol. The summed E-state index contributed by atoms with van der Waals surface area (Å²) in [6.07, 6.45) is 2.05. The molecule has 1 aromatic heterocycles. The number of pyridine rings is 1. The van der Waals surface area contributed by atoms with Crippen molar-refractivity contribution in [1.29, 1.82) is 0 Å². The Morgan fingerprint density at radius 2 is 1.17 bits per heavy atom. The fourth-order valence-electron chi connectivity index (χ4n) is 5.93. The Morgan fingerprint density at radius 1 is 0.698 bits per heavy atom. The summed E-state index contributed by atoms with van der Waals surface area (Å²) in [5.74, 6) is -4.42. The van der Waals surface area contributed by atoms with E-state index in [9.17, 15) is 27.6 Å². The van der Waals surface area contributed by atoms with Gasteiger partial charge in [-0.25, -0.2) is 23.0 Å². The van der Waals surface area contributed by atoms with Gasteiger partial charge in [0.1, 0.15) is 5.92 Å². The number of carbonyl (C=O) groups excluding carboxylic acids is 4. The monoisotopic (exact) mass is 898 g/mol. The number of imide groups is 1. The molecule has 2 aliphatic rings. The van der Waals surface area contributed by atoms with E-state index in [0.29, 0.717) is 11.9 Å². The van der Waals surface area contributed by atoms with Crippen LogP contribution in [0.15, 0.2) is 30.3 Å². The number of aromatic nitrogens is 1. The third kappa shape index (κ3) is 7.78. The number of para-hydroxylation sites is 1. The first kappa shape index (κ1) is 41.9. The normalized spacial score (nSPS) is 14.4. The lowest BCUT2D eigenvalue weighted by molar-refractivity contribution is 0.0882.